The first-order valence-corrected chi connectivity index (χ1v) is 10.7. The Morgan fingerprint density at radius 2 is 2.03 bits per heavy atom. The number of nitrogens with zero attached hydrogens (tertiary/aromatic N) is 6. The summed E-state index contributed by atoms with van der Waals surface area (Å²) in [6.07, 6.45) is 1.87. The Hall–Kier alpha value is -3.43. The predicted molar refractivity (Wildman–Crippen MR) is 109 cm³/mol. The third-order valence-electron chi connectivity index (χ3n) is 6.71. The molecule has 1 amide bonds. The van der Waals surface area contributed by atoms with E-state index in [1.165, 1.54) is 16.9 Å². The first kappa shape index (κ1) is 19.3. The Labute approximate surface area is 181 Å². The van der Waals surface area contributed by atoms with Crippen LogP contribution >= 0.6 is 0 Å². The lowest BCUT2D eigenvalue weighted by atomic mass is 9.86. The summed E-state index contributed by atoms with van der Waals surface area (Å²) in [6.45, 7) is 1.75. The van der Waals surface area contributed by atoms with Gasteiger partial charge in [-0.05, 0) is 43.9 Å². The summed E-state index contributed by atoms with van der Waals surface area (Å²) in [5, 5.41) is 4.22. The van der Waals surface area contributed by atoms with E-state index in [2.05, 4.69) is 20.1 Å². The number of fused-ring (bicyclic) bond motifs is 4. The molecule has 5 heterocycles. The maximum absolute atomic E-state index is 13.7. The number of amides is 1. The molecule has 6 rings (SSSR count). The topological polar surface area (TPSA) is 89.4 Å². The first-order chi connectivity index (χ1) is 15.5. The molecule has 2 saturated heterocycles. The molecule has 0 saturated carbocycles. The van der Waals surface area contributed by atoms with Crippen LogP contribution in [0, 0.1) is 6.92 Å². The number of rotatable bonds is 3. The second kappa shape index (κ2) is 7.04. The fraction of sp³-hybridized carbons (Fsp3) is 0.409. The maximum atomic E-state index is 13.7. The minimum Gasteiger partial charge on any atom is -0.440 e. The van der Waals surface area contributed by atoms with Crippen LogP contribution < -0.4 is 0 Å². The normalized spacial score (nSPS) is 23.0. The van der Waals surface area contributed by atoms with E-state index in [1.807, 2.05) is 11.0 Å². The number of aryl methyl sites for hydroxylation is 1. The molecule has 2 aliphatic rings. The lowest BCUT2D eigenvalue weighted by Gasteiger charge is -2.40. The minimum atomic E-state index is -2.71. The molecule has 0 spiro atoms. The second-order valence-electron chi connectivity index (χ2n) is 8.46. The zero-order valence-corrected chi connectivity index (χ0v) is 17.3. The minimum absolute atomic E-state index is 0.109. The molecule has 3 aromatic heterocycles. The molecule has 2 bridgehead atoms. The van der Waals surface area contributed by atoms with E-state index in [9.17, 15) is 13.6 Å². The Bertz CT molecular complexity index is 1350. The number of oxazole rings is 1. The molecule has 10 heteroatoms. The highest BCUT2D eigenvalue weighted by Crippen LogP contribution is 2.45. The molecule has 0 N–H and O–H groups in total. The number of hydrogen-bond donors (Lipinski definition) is 0. The summed E-state index contributed by atoms with van der Waals surface area (Å²) < 4.78 is 34.3. The van der Waals surface area contributed by atoms with Crippen LogP contribution in [0.25, 0.3) is 16.9 Å². The number of para-hydroxylation sites is 1. The van der Waals surface area contributed by atoms with Crippen LogP contribution in [0.5, 0.6) is 0 Å². The zero-order valence-electron chi connectivity index (χ0n) is 17.3. The highest BCUT2D eigenvalue weighted by atomic mass is 19.3. The van der Waals surface area contributed by atoms with Gasteiger partial charge in [0.2, 0.25) is 0 Å². The Morgan fingerprint density at radius 3 is 2.88 bits per heavy atom. The molecule has 0 radical (unpaired) electrons. The molecule has 164 valence electrons. The number of piperidine rings is 1. The van der Waals surface area contributed by atoms with E-state index in [0.29, 0.717) is 28.2 Å². The van der Waals surface area contributed by atoms with E-state index >= 15 is 0 Å². The highest BCUT2D eigenvalue weighted by Gasteiger charge is 2.46. The van der Waals surface area contributed by atoms with Crippen molar-refractivity contribution >= 4 is 22.8 Å². The van der Waals surface area contributed by atoms with Gasteiger partial charge in [0.05, 0.1) is 11.3 Å². The van der Waals surface area contributed by atoms with Crippen LogP contribution in [0.4, 0.5) is 8.78 Å². The number of aromatic nitrogens is 5. The van der Waals surface area contributed by atoms with Gasteiger partial charge in [0.1, 0.15) is 17.5 Å². The van der Waals surface area contributed by atoms with Crippen LogP contribution in [0.2, 0.25) is 0 Å². The molecular formula is C22H20F2N6O2. The van der Waals surface area contributed by atoms with E-state index in [-0.39, 0.29) is 35.4 Å². The molecule has 2 fully saturated rings. The van der Waals surface area contributed by atoms with E-state index in [1.54, 1.807) is 19.1 Å². The summed E-state index contributed by atoms with van der Waals surface area (Å²) in [7, 11) is 0. The van der Waals surface area contributed by atoms with Crippen molar-refractivity contribution in [2.75, 3.05) is 0 Å². The van der Waals surface area contributed by atoms with Crippen LogP contribution in [-0.2, 0) is 0 Å². The van der Waals surface area contributed by atoms with Gasteiger partial charge < -0.3 is 9.32 Å². The van der Waals surface area contributed by atoms with E-state index in [4.69, 9.17) is 4.42 Å². The number of hydrogen-bond acceptors (Lipinski definition) is 6. The van der Waals surface area contributed by atoms with Crippen molar-refractivity contribution in [3.05, 3.63) is 53.4 Å². The van der Waals surface area contributed by atoms with Crippen molar-refractivity contribution in [1.29, 1.82) is 0 Å². The van der Waals surface area contributed by atoms with Gasteiger partial charge in [0.15, 0.2) is 11.5 Å². The van der Waals surface area contributed by atoms with Crippen molar-refractivity contribution < 1.29 is 18.0 Å². The van der Waals surface area contributed by atoms with Gasteiger partial charge >= 0.3 is 0 Å². The zero-order chi connectivity index (χ0) is 22.0. The fourth-order valence-corrected chi connectivity index (χ4v) is 5.41. The van der Waals surface area contributed by atoms with Crippen molar-refractivity contribution in [2.45, 2.75) is 57.0 Å². The quantitative estimate of drug-likeness (QED) is 0.479. The SMILES string of the molecule is Cc1nc2cccc(C(=O)N3[C@H]4CC[C@H](c5cc(C(F)F)nc6ncnn56)[C@@H]3CC4)c2o1. The van der Waals surface area contributed by atoms with Crippen molar-refractivity contribution in [3.8, 4) is 0 Å². The van der Waals surface area contributed by atoms with Gasteiger partial charge in [-0.3, -0.25) is 4.79 Å². The molecule has 8 nitrogen and oxygen atoms in total. The lowest BCUT2D eigenvalue weighted by molar-refractivity contribution is 0.0554. The fourth-order valence-electron chi connectivity index (χ4n) is 5.41. The van der Waals surface area contributed by atoms with Gasteiger partial charge in [0.25, 0.3) is 18.1 Å². The third kappa shape index (κ3) is 2.81. The van der Waals surface area contributed by atoms with Crippen molar-refractivity contribution in [2.24, 2.45) is 0 Å². The van der Waals surface area contributed by atoms with Gasteiger partial charge in [-0.1, -0.05) is 6.07 Å². The Morgan fingerprint density at radius 1 is 1.19 bits per heavy atom. The van der Waals surface area contributed by atoms with Gasteiger partial charge in [-0.25, -0.2) is 23.3 Å². The Balaban J connectivity index is 1.43. The highest BCUT2D eigenvalue weighted by molar-refractivity contribution is 6.04. The van der Waals surface area contributed by atoms with Gasteiger partial charge in [-0.15, -0.1) is 0 Å². The molecule has 32 heavy (non-hydrogen) atoms. The summed E-state index contributed by atoms with van der Waals surface area (Å²) in [4.78, 5) is 27.9. The molecule has 3 atom stereocenters. The lowest BCUT2D eigenvalue weighted by Crippen LogP contribution is -2.47. The van der Waals surface area contributed by atoms with Gasteiger partial charge in [0, 0.05) is 24.9 Å². The largest absolute Gasteiger partial charge is 0.440 e. The first-order valence-electron chi connectivity index (χ1n) is 10.7. The van der Waals surface area contributed by atoms with Crippen LogP contribution in [-0.4, -0.2) is 47.5 Å². The summed E-state index contributed by atoms with van der Waals surface area (Å²) in [6, 6.07) is 6.79. The number of halogens is 2. The number of alkyl halides is 2. The van der Waals surface area contributed by atoms with Gasteiger partial charge in [-0.2, -0.15) is 10.1 Å². The molecule has 4 aromatic rings. The third-order valence-corrected chi connectivity index (χ3v) is 6.71. The average Bonchev–Trinajstić information content (AvgIpc) is 3.47. The molecule has 2 aliphatic heterocycles. The van der Waals surface area contributed by atoms with E-state index < -0.39 is 6.43 Å². The summed E-state index contributed by atoms with van der Waals surface area (Å²) >= 11 is 0. The molecule has 0 unspecified atom stereocenters. The van der Waals surface area contributed by atoms with Crippen LogP contribution in [0.1, 0.15) is 65.7 Å². The van der Waals surface area contributed by atoms with Crippen molar-refractivity contribution in [3.63, 3.8) is 0 Å². The maximum Gasteiger partial charge on any atom is 0.280 e. The number of carbonyl (C=O) groups excluding carboxylic acids is 1. The van der Waals surface area contributed by atoms with Crippen molar-refractivity contribution in [1.82, 2.24) is 29.5 Å². The van der Waals surface area contributed by atoms with E-state index in [0.717, 1.165) is 25.7 Å². The summed E-state index contributed by atoms with van der Waals surface area (Å²) in [5.74, 6) is 0.405. The second-order valence-corrected chi connectivity index (χ2v) is 8.46. The average molecular weight is 438 g/mol. The smallest absolute Gasteiger partial charge is 0.280 e. The molecule has 1 aromatic carbocycles. The van der Waals surface area contributed by atoms with Crippen LogP contribution in [0.3, 0.4) is 0 Å². The molecular weight excluding hydrogens is 418 g/mol. The number of benzene rings is 1. The number of carbonyl (C=O) groups is 1. The predicted octanol–water partition coefficient (Wildman–Crippen LogP) is 4.06. The molecule has 0 aliphatic carbocycles. The summed E-state index contributed by atoms with van der Waals surface area (Å²) in [5.41, 5.74) is 1.92. The monoisotopic (exact) mass is 438 g/mol. The van der Waals surface area contributed by atoms with Crippen LogP contribution in [0.15, 0.2) is 35.0 Å². The Kier molecular flexibility index (Phi) is 4.24. The standard InChI is InChI=1S/C22H20F2N6O2/c1-11-27-15-4-2-3-14(19(15)32-11)21(31)29-12-5-7-13(17(29)8-6-12)18-9-16(20(23)24)28-22-25-10-26-30(18)22/h2-4,9-10,12-13,17,20H,5-8H2,1H3/t12-,13-,17-/m0/s1.